The number of carbonyl (C=O) groups excluding carboxylic acids is 3. The SMILES string of the molecule is COCC(=O)Nc1cccc(NC(=O)c2ccc(NC(=O)OC(C)(C)C)cc2)c1. The van der Waals surface area contributed by atoms with Gasteiger partial charge in [-0.15, -0.1) is 0 Å². The molecule has 8 nitrogen and oxygen atoms in total. The Morgan fingerprint density at radius 2 is 1.48 bits per heavy atom. The van der Waals surface area contributed by atoms with E-state index in [1.165, 1.54) is 7.11 Å². The predicted molar refractivity (Wildman–Crippen MR) is 111 cm³/mol. The normalized spacial score (nSPS) is 10.8. The van der Waals surface area contributed by atoms with Crippen molar-refractivity contribution in [2.45, 2.75) is 26.4 Å². The third-order valence-corrected chi connectivity index (χ3v) is 3.47. The van der Waals surface area contributed by atoms with Crippen LogP contribution in [-0.2, 0) is 14.3 Å². The van der Waals surface area contributed by atoms with Gasteiger partial charge in [0, 0.05) is 29.7 Å². The summed E-state index contributed by atoms with van der Waals surface area (Å²) in [6, 6.07) is 13.2. The minimum Gasteiger partial charge on any atom is -0.444 e. The first-order valence-corrected chi connectivity index (χ1v) is 8.96. The van der Waals surface area contributed by atoms with Crippen LogP contribution >= 0.6 is 0 Å². The lowest BCUT2D eigenvalue weighted by atomic mass is 10.2. The molecule has 0 spiro atoms. The number of anilines is 3. The van der Waals surface area contributed by atoms with Gasteiger partial charge in [-0.2, -0.15) is 0 Å². The molecule has 2 aromatic rings. The molecule has 154 valence electrons. The minimum absolute atomic E-state index is 0.0553. The molecule has 0 saturated heterocycles. The van der Waals surface area contributed by atoms with Gasteiger partial charge in [-0.05, 0) is 63.2 Å². The molecule has 0 saturated carbocycles. The van der Waals surface area contributed by atoms with E-state index in [-0.39, 0.29) is 18.4 Å². The molecular formula is C21H25N3O5. The molecule has 2 rings (SSSR count). The largest absolute Gasteiger partial charge is 0.444 e. The lowest BCUT2D eigenvalue weighted by Gasteiger charge is -2.19. The summed E-state index contributed by atoms with van der Waals surface area (Å²) in [6.07, 6.45) is -0.568. The van der Waals surface area contributed by atoms with Crippen molar-refractivity contribution in [3.8, 4) is 0 Å². The van der Waals surface area contributed by atoms with E-state index in [1.54, 1.807) is 69.3 Å². The number of ether oxygens (including phenoxy) is 2. The lowest BCUT2D eigenvalue weighted by Crippen LogP contribution is -2.27. The van der Waals surface area contributed by atoms with Gasteiger partial charge in [-0.3, -0.25) is 14.9 Å². The van der Waals surface area contributed by atoms with Crippen LogP contribution < -0.4 is 16.0 Å². The Labute approximate surface area is 169 Å². The van der Waals surface area contributed by atoms with Crippen LogP contribution in [0.5, 0.6) is 0 Å². The van der Waals surface area contributed by atoms with Crippen molar-refractivity contribution in [2.24, 2.45) is 0 Å². The highest BCUT2D eigenvalue weighted by Crippen LogP contribution is 2.17. The molecule has 0 aliphatic rings. The quantitative estimate of drug-likeness (QED) is 0.684. The van der Waals surface area contributed by atoms with Crippen molar-refractivity contribution in [1.82, 2.24) is 0 Å². The Kier molecular flexibility index (Phi) is 7.33. The van der Waals surface area contributed by atoms with Gasteiger partial charge in [0.1, 0.15) is 12.2 Å². The molecular weight excluding hydrogens is 374 g/mol. The van der Waals surface area contributed by atoms with Crippen molar-refractivity contribution < 1.29 is 23.9 Å². The van der Waals surface area contributed by atoms with Gasteiger partial charge in [-0.25, -0.2) is 4.79 Å². The topological polar surface area (TPSA) is 106 Å². The zero-order valence-corrected chi connectivity index (χ0v) is 16.9. The molecule has 0 heterocycles. The van der Waals surface area contributed by atoms with E-state index in [4.69, 9.17) is 9.47 Å². The maximum absolute atomic E-state index is 12.4. The Morgan fingerprint density at radius 1 is 0.862 bits per heavy atom. The second-order valence-electron chi connectivity index (χ2n) is 7.22. The van der Waals surface area contributed by atoms with Crippen LogP contribution in [0, 0.1) is 0 Å². The molecule has 3 amide bonds. The summed E-state index contributed by atoms with van der Waals surface area (Å²) in [5, 5.41) is 8.04. The number of hydrogen-bond donors (Lipinski definition) is 3. The number of amides is 3. The predicted octanol–water partition coefficient (Wildman–Crippen LogP) is 3.87. The van der Waals surface area contributed by atoms with Crippen LogP contribution in [0.4, 0.5) is 21.9 Å². The molecule has 0 atom stereocenters. The number of benzene rings is 2. The fraction of sp³-hybridized carbons (Fsp3) is 0.286. The molecule has 0 aromatic heterocycles. The molecule has 8 heteroatoms. The average molecular weight is 399 g/mol. The second kappa shape index (κ2) is 9.70. The molecule has 0 fully saturated rings. The fourth-order valence-corrected chi connectivity index (χ4v) is 2.33. The number of nitrogens with one attached hydrogen (secondary N) is 3. The summed E-state index contributed by atoms with van der Waals surface area (Å²) in [5.41, 5.74) is 1.40. The number of rotatable bonds is 6. The molecule has 29 heavy (non-hydrogen) atoms. The molecule has 3 N–H and O–H groups in total. The standard InChI is InChI=1S/C21H25N3O5/c1-21(2,3)29-20(27)24-15-10-8-14(9-11-15)19(26)23-17-7-5-6-16(12-17)22-18(25)13-28-4/h5-12H,13H2,1-4H3,(H,22,25)(H,23,26)(H,24,27). The zero-order chi connectivity index (χ0) is 21.4. The molecule has 2 aromatic carbocycles. The smallest absolute Gasteiger partial charge is 0.412 e. The molecule has 0 aliphatic carbocycles. The Hall–Kier alpha value is -3.39. The lowest BCUT2D eigenvalue weighted by molar-refractivity contribution is -0.119. The van der Waals surface area contributed by atoms with Crippen LogP contribution in [0.25, 0.3) is 0 Å². The Balaban J connectivity index is 1.97. The van der Waals surface area contributed by atoms with Gasteiger partial charge in [0.2, 0.25) is 5.91 Å². The van der Waals surface area contributed by atoms with E-state index in [0.717, 1.165) is 0 Å². The van der Waals surface area contributed by atoms with Gasteiger partial charge in [0.25, 0.3) is 5.91 Å². The maximum Gasteiger partial charge on any atom is 0.412 e. The summed E-state index contributed by atoms with van der Waals surface area (Å²) < 4.78 is 9.96. The number of methoxy groups -OCH3 is 1. The van der Waals surface area contributed by atoms with Gasteiger partial charge >= 0.3 is 6.09 Å². The van der Waals surface area contributed by atoms with E-state index < -0.39 is 11.7 Å². The second-order valence-corrected chi connectivity index (χ2v) is 7.22. The summed E-state index contributed by atoms with van der Waals surface area (Å²) >= 11 is 0. The summed E-state index contributed by atoms with van der Waals surface area (Å²) in [4.78, 5) is 35.8. The maximum atomic E-state index is 12.4. The third kappa shape index (κ3) is 7.63. The highest BCUT2D eigenvalue weighted by Gasteiger charge is 2.16. The van der Waals surface area contributed by atoms with E-state index in [1.807, 2.05) is 0 Å². The Bertz CT molecular complexity index is 873. The first kappa shape index (κ1) is 21.9. The van der Waals surface area contributed by atoms with E-state index in [0.29, 0.717) is 22.6 Å². The molecule has 0 aliphatic heterocycles. The summed E-state index contributed by atoms with van der Waals surface area (Å²) in [5.74, 6) is -0.613. The highest BCUT2D eigenvalue weighted by molar-refractivity contribution is 6.05. The third-order valence-electron chi connectivity index (χ3n) is 3.47. The number of hydrogen-bond acceptors (Lipinski definition) is 5. The first-order valence-electron chi connectivity index (χ1n) is 8.96. The van der Waals surface area contributed by atoms with Crippen LogP contribution in [0.15, 0.2) is 48.5 Å². The van der Waals surface area contributed by atoms with Gasteiger partial charge < -0.3 is 20.1 Å². The average Bonchev–Trinajstić information content (AvgIpc) is 2.61. The first-order chi connectivity index (χ1) is 13.7. The van der Waals surface area contributed by atoms with Gasteiger partial charge in [0.05, 0.1) is 0 Å². The molecule has 0 unspecified atom stereocenters. The minimum atomic E-state index is -0.596. The van der Waals surface area contributed by atoms with E-state index in [9.17, 15) is 14.4 Å². The van der Waals surface area contributed by atoms with Crippen LogP contribution in [-0.4, -0.2) is 37.2 Å². The van der Waals surface area contributed by atoms with E-state index in [2.05, 4.69) is 16.0 Å². The number of carbonyl (C=O) groups is 3. The Morgan fingerprint density at radius 3 is 2.07 bits per heavy atom. The van der Waals surface area contributed by atoms with E-state index >= 15 is 0 Å². The monoisotopic (exact) mass is 399 g/mol. The van der Waals surface area contributed by atoms with Crippen molar-refractivity contribution in [3.63, 3.8) is 0 Å². The fourth-order valence-electron chi connectivity index (χ4n) is 2.33. The summed E-state index contributed by atoms with van der Waals surface area (Å²) in [7, 11) is 1.44. The van der Waals surface area contributed by atoms with Gasteiger partial charge in [-0.1, -0.05) is 6.07 Å². The van der Waals surface area contributed by atoms with Crippen LogP contribution in [0.2, 0.25) is 0 Å². The molecule has 0 radical (unpaired) electrons. The van der Waals surface area contributed by atoms with Gasteiger partial charge in [0.15, 0.2) is 0 Å². The zero-order valence-electron chi connectivity index (χ0n) is 16.9. The van der Waals surface area contributed by atoms with Crippen molar-refractivity contribution >= 4 is 35.0 Å². The summed E-state index contributed by atoms with van der Waals surface area (Å²) in [6.45, 7) is 5.27. The van der Waals surface area contributed by atoms with Crippen molar-refractivity contribution in [2.75, 3.05) is 29.7 Å². The van der Waals surface area contributed by atoms with Crippen molar-refractivity contribution in [1.29, 1.82) is 0 Å². The molecule has 0 bridgehead atoms. The highest BCUT2D eigenvalue weighted by atomic mass is 16.6. The van der Waals surface area contributed by atoms with Crippen LogP contribution in [0.3, 0.4) is 0 Å². The van der Waals surface area contributed by atoms with Crippen molar-refractivity contribution in [3.05, 3.63) is 54.1 Å². The van der Waals surface area contributed by atoms with Crippen LogP contribution in [0.1, 0.15) is 31.1 Å².